The summed E-state index contributed by atoms with van der Waals surface area (Å²) in [5.74, 6) is 2.77. The van der Waals surface area contributed by atoms with Crippen LogP contribution < -0.4 is 25.8 Å². The normalized spacial score (nSPS) is 15.1. The molecule has 0 unspecified atom stereocenters. The van der Waals surface area contributed by atoms with Crippen LogP contribution in [0.1, 0.15) is 31.2 Å². The predicted molar refractivity (Wildman–Crippen MR) is 139 cm³/mol. The molecule has 2 aromatic carbocycles. The molecule has 5 N–H and O–H groups in total. The number of hydrogen-bond acceptors (Lipinski definition) is 7. The smallest absolute Gasteiger partial charge is 0.191 e. The van der Waals surface area contributed by atoms with Crippen molar-refractivity contribution < 1.29 is 9.47 Å². The Morgan fingerprint density at radius 2 is 1.77 bits per heavy atom. The molecule has 1 aliphatic heterocycles. The molecule has 186 valence electrons. The Hall–Kier alpha value is -3.59. The maximum atomic E-state index is 8.26. The summed E-state index contributed by atoms with van der Waals surface area (Å²) in [5.41, 5.74) is 8.28. The minimum Gasteiger partial charge on any atom is -0.493 e. The summed E-state index contributed by atoms with van der Waals surface area (Å²) in [6, 6.07) is 14.3. The fourth-order valence-electron chi connectivity index (χ4n) is 4.82. The molecule has 35 heavy (non-hydrogen) atoms. The second-order valence-electron chi connectivity index (χ2n) is 8.87. The van der Waals surface area contributed by atoms with E-state index < -0.39 is 0 Å². The van der Waals surface area contributed by atoms with Crippen LogP contribution in [0.3, 0.4) is 0 Å². The molecule has 9 nitrogen and oxygen atoms in total. The Morgan fingerprint density at radius 1 is 1.09 bits per heavy atom. The van der Waals surface area contributed by atoms with E-state index in [1.165, 1.54) is 5.56 Å². The molecule has 0 spiro atoms. The van der Waals surface area contributed by atoms with E-state index in [2.05, 4.69) is 50.8 Å². The second-order valence-corrected chi connectivity index (χ2v) is 8.87. The third-order valence-electron chi connectivity index (χ3n) is 6.79. The molecule has 0 saturated carbocycles. The van der Waals surface area contributed by atoms with Crippen LogP contribution in [0.4, 0.5) is 5.82 Å². The highest BCUT2D eigenvalue weighted by Gasteiger charge is 2.36. The number of benzene rings is 2. The van der Waals surface area contributed by atoms with E-state index in [0.717, 1.165) is 49.9 Å². The first-order valence-corrected chi connectivity index (χ1v) is 12.0. The molecule has 3 aromatic rings. The van der Waals surface area contributed by atoms with Gasteiger partial charge in [-0.15, -0.1) is 0 Å². The van der Waals surface area contributed by atoms with Crippen molar-refractivity contribution in [2.75, 3.05) is 46.1 Å². The van der Waals surface area contributed by atoms with Crippen LogP contribution in [0.15, 0.2) is 42.5 Å². The maximum absolute atomic E-state index is 8.26. The third kappa shape index (κ3) is 5.24. The van der Waals surface area contributed by atoms with Crippen LogP contribution in [0.2, 0.25) is 0 Å². The third-order valence-corrected chi connectivity index (χ3v) is 6.79. The maximum Gasteiger partial charge on any atom is 0.191 e. The van der Waals surface area contributed by atoms with Crippen molar-refractivity contribution in [1.29, 1.82) is 5.41 Å². The van der Waals surface area contributed by atoms with Crippen molar-refractivity contribution in [2.45, 2.75) is 31.7 Å². The summed E-state index contributed by atoms with van der Waals surface area (Å²) in [6.07, 6.45) is 1.91. The fourth-order valence-corrected chi connectivity index (χ4v) is 4.82. The number of hydrogen-bond donors (Lipinski definition) is 4. The highest BCUT2D eigenvalue weighted by molar-refractivity contribution is 5.90. The van der Waals surface area contributed by atoms with E-state index in [0.29, 0.717) is 35.6 Å². The van der Waals surface area contributed by atoms with Crippen molar-refractivity contribution >= 4 is 22.7 Å². The molecule has 0 atom stereocenters. The summed E-state index contributed by atoms with van der Waals surface area (Å²) in [7, 11) is 3.19. The van der Waals surface area contributed by atoms with Crippen LogP contribution in [-0.4, -0.2) is 61.2 Å². The Bertz CT molecular complexity index is 1160. The van der Waals surface area contributed by atoms with Crippen LogP contribution in [-0.2, 0) is 12.0 Å². The van der Waals surface area contributed by atoms with Gasteiger partial charge < -0.3 is 30.7 Å². The van der Waals surface area contributed by atoms with Crippen LogP contribution in [0, 0.1) is 5.41 Å². The molecule has 0 bridgehead atoms. The number of aromatic nitrogens is 2. The highest BCUT2D eigenvalue weighted by Crippen LogP contribution is 2.36. The standard InChI is InChI=1S/C26H35N7O2/c1-4-30-25(28)33-12-10-26(11-13-33,18-8-6-5-7-9-18)17-29-16-23-31-20-15-22(35-3)21(34-2)14-19(20)24(27)32-23/h5-9,14-15,29H,4,10-13,16-17H2,1-3H3,(H2,28,30)(H2,27,31,32). The topological polar surface area (TPSA) is 121 Å². The lowest BCUT2D eigenvalue weighted by Crippen LogP contribution is -2.52. The Kier molecular flexibility index (Phi) is 7.55. The van der Waals surface area contributed by atoms with Crippen LogP contribution in [0.5, 0.6) is 11.5 Å². The molecule has 9 heteroatoms. The average Bonchev–Trinajstić information content (AvgIpc) is 2.89. The number of methoxy groups -OCH3 is 2. The van der Waals surface area contributed by atoms with Crippen LogP contribution in [0.25, 0.3) is 10.9 Å². The molecule has 4 rings (SSSR count). The summed E-state index contributed by atoms with van der Waals surface area (Å²) >= 11 is 0. The first-order chi connectivity index (χ1) is 17.0. The molecule has 0 amide bonds. The minimum atomic E-state index is -0.0246. The van der Waals surface area contributed by atoms with Crippen molar-refractivity contribution in [3.8, 4) is 11.5 Å². The number of likely N-dealkylation sites (tertiary alicyclic amines) is 1. The minimum absolute atomic E-state index is 0.0246. The molecule has 1 aliphatic rings. The summed E-state index contributed by atoms with van der Waals surface area (Å²) in [5, 5.41) is 15.7. The van der Waals surface area contributed by atoms with Gasteiger partial charge in [0.25, 0.3) is 0 Å². The largest absolute Gasteiger partial charge is 0.493 e. The number of nitrogens with one attached hydrogen (secondary N) is 3. The zero-order valence-electron chi connectivity index (χ0n) is 20.7. The number of nitrogens with two attached hydrogens (primary N) is 1. The van der Waals surface area contributed by atoms with Crippen molar-refractivity contribution in [3.63, 3.8) is 0 Å². The number of guanidine groups is 1. The number of nitrogens with zero attached hydrogens (tertiary/aromatic N) is 3. The van der Waals surface area contributed by atoms with E-state index in [9.17, 15) is 0 Å². The van der Waals surface area contributed by atoms with Crippen molar-refractivity contribution in [1.82, 2.24) is 25.5 Å². The van der Waals surface area contributed by atoms with Gasteiger partial charge in [-0.25, -0.2) is 9.97 Å². The number of piperidine rings is 1. The van der Waals surface area contributed by atoms with Gasteiger partial charge in [0.05, 0.1) is 26.3 Å². The summed E-state index contributed by atoms with van der Waals surface area (Å²) in [4.78, 5) is 11.4. The van der Waals surface area contributed by atoms with Crippen LogP contribution >= 0.6 is 0 Å². The Labute approximate surface area is 206 Å². The predicted octanol–water partition coefficient (Wildman–Crippen LogP) is 2.90. The molecule has 0 aliphatic carbocycles. The van der Waals surface area contributed by atoms with Gasteiger partial charge in [0, 0.05) is 43.0 Å². The van der Waals surface area contributed by atoms with E-state index in [-0.39, 0.29) is 5.41 Å². The van der Waals surface area contributed by atoms with Gasteiger partial charge in [-0.2, -0.15) is 0 Å². The first-order valence-electron chi connectivity index (χ1n) is 12.0. The Morgan fingerprint density at radius 3 is 2.43 bits per heavy atom. The van der Waals surface area contributed by atoms with Gasteiger partial charge in [0.2, 0.25) is 0 Å². The zero-order valence-corrected chi connectivity index (χ0v) is 20.7. The highest BCUT2D eigenvalue weighted by atomic mass is 16.5. The summed E-state index contributed by atoms with van der Waals surface area (Å²) in [6.45, 7) is 5.73. The second kappa shape index (κ2) is 10.8. The molecular formula is C26H35N7O2. The Balaban J connectivity index is 1.50. The lowest BCUT2D eigenvalue weighted by atomic mass is 9.72. The fraction of sp³-hybridized carbons (Fsp3) is 0.423. The van der Waals surface area contributed by atoms with E-state index >= 15 is 0 Å². The molecule has 1 saturated heterocycles. The van der Waals surface area contributed by atoms with Crippen molar-refractivity contribution in [3.05, 3.63) is 53.9 Å². The monoisotopic (exact) mass is 477 g/mol. The summed E-state index contributed by atoms with van der Waals surface area (Å²) < 4.78 is 10.8. The average molecular weight is 478 g/mol. The van der Waals surface area contributed by atoms with Gasteiger partial charge in [-0.05, 0) is 31.4 Å². The van der Waals surface area contributed by atoms with Crippen molar-refractivity contribution in [2.24, 2.45) is 0 Å². The lowest BCUT2D eigenvalue weighted by Gasteiger charge is -2.43. The quantitative estimate of drug-likeness (QED) is 0.289. The van der Waals surface area contributed by atoms with Gasteiger partial charge in [-0.1, -0.05) is 30.3 Å². The number of anilines is 1. The van der Waals surface area contributed by atoms with E-state index in [4.69, 9.17) is 25.6 Å². The molecule has 0 radical (unpaired) electrons. The number of fused-ring (bicyclic) bond motifs is 1. The number of nitrogen functional groups attached to an aromatic ring is 1. The molecule has 1 fully saturated rings. The van der Waals surface area contributed by atoms with Gasteiger partial charge in [-0.3, -0.25) is 5.41 Å². The number of rotatable bonds is 8. The molecule has 2 heterocycles. The SMILES string of the molecule is CCNC(=N)N1CCC(CNCc2nc(N)c3cc(OC)c(OC)cc3n2)(c2ccccc2)CC1. The van der Waals surface area contributed by atoms with E-state index in [1.54, 1.807) is 14.2 Å². The molecular weight excluding hydrogens is 442 g/mol. The van der Waals surface area contributed by atoms with E-state index in [1.807, 2.05) is 19.1 Å². The molecule has 1 aromatic heterocycles. The zero-order chi connectivity index (χ0) is 24.8. The van der Waals surface area contributed by atoms with Gasteiger partial charge in [0.15, 0.2) is 17.5 Å². The van der Waals surface area contributed by atoms with Gasteiger partial charge in [0.1, 0.15) is 11.6 Å². The lowest BCUT2D eigenvalue weighted by molar-refractivity contribution is 0.213. The number of ether oxygens (including phenoxy) is 2. The first kappa shape index (κ1) is 24.5. The van der Waals surface area contributed by atoms with Gasteiger partial charge >= 0.3 is 0 Å².